The zero-order valence-electron chi connectivity index (χ0n) is 4.91. The predicted molar refractivity (Wildman–Crippen MR) is 36.1 cm³/mol. The van der Waals surface area contributed by atoms with Crippen molar-refractivity contribution in [1.29, 1.82) is 5.26 Å². The Labute approximate surface area is 58.2 Å². The zero-order valence-corrected chi connectivity index (χ0v) is 5.73. The number of aldehydes is 1. The minimum Gasteiger partial charge on any atom is -0.302 e. The summed E-state index contributed by atoms with van der Waals surface area (Å²) in [6.07, 6.45) is 2.69. The van der Waals surface area contributed by atoms with Crippen molar-refractivity contribution < 1.29 is 4.79 Å². The summed E-state index contributed by atoms with van der Waals surface area (Å²) in [4.78, 5) is 10.1. The summed E-state index contributed by atoms with van der Waals surface area (Å²) in [6.45, 7) is 0. The van der Waals surface area contributed by atoms with Crippen molar-refractivity contribution in [1.82, 2.24) is 0 Å². The molecule has 0 bridgehead atoms. The van der Waals surface area contributed by atoms with Crippen LogP contribution in [0.1, 0.15) is 12.8 Å². The molecule has 2 nitrogen and oxygen atoms in total. The van der Waals surface area contributed by atoms with Gasteiger partial charge in [-0.05, 0) is 12.8 Å². The molecule has 9 heavy (non-hydrogen) atoms. The Bertz CT molecular complexity index is 152. The Kier molecular flexibility index (Phi) is 2.12. The molecule has 1 heterocycles. The van der Waals surface area contributed by atoms with Gasteiger partial charge in [0.15, 0.2) is 0 Å². The maximum absolute atomic E-state index is 10.1. The van der Waals surface area contributed by atoms with Gasteiger partial charge >= 0.3 is 0 Å². The molecule has 0 aromatic rings. The van der Waals surface area contributed by atoms with Crippen LogP contribution in [0.25, 0.3) is 0 Å². The average Bonchev–Trinajstić information content (AvgIpc) is 2.34. The van der Waals surface area contributed by atoms with Crippen LogP contribution in [0.2, 0.25) is 0 Å². The van der Waals surface area contributed by atoms with E-state index in [1.54, 1.807) is 0 Å². The molecule has 0 saturated carbocycles. The maximum Gasteiger partial charge on any atom is 0.132 e. The standard InChI is InChI=1S/C6H7NOS/c7-3-5-1-2-6(4-8)9-5/h4-6H,1-2H2/t5-,6+/m0/s1. The summed E-state index contributed by atoms with van der Waals surface area (Å²) in [5.74, 6) is 0. The summed E-state index contributed by atoms with van der Waals surface area (Å²) in [5, 5.41) is 8.55. The lowest BCUT2D eigenvalue weighted by atomic mass is 10.2. The smallest absolute Gasteiger partial charge is 0.132 e. The monoisotopic (exact) mass is 141 g/mol. The molecule has 0 radical (unpaired) electrons. The van der Waals surface area contributed by atoms with E-state index in [1.165, 1.54) is 11.8 Å². The number of hydrogen-bond acceptors (Lipinski definition) is 3. The number of carbonyl (C=O) groups excluding carboxylic acids is 1. The van der Waals surface area contributed by atoms with Crippen LogP contribution in [0.15, 0.2) is 0 Å². The number of rotatable bonds is 1. The molecule has 0 aliphatic carbocycles. The van der Waals surface area contributed by atoms with E-state index in [0.717, 1.165) is 19.1 Å². The van der Waals surface area contributed by atoms with Crippen LogP contribution < -0.4 is 0 Å². The predicted octanol–water partition coefficient (Wildman–Crippen LogP) is 0.973. The molecular formula is C6H7NOS. The van der Waals surface area contributed by atoms with Crippen molar-refractivity contribution in [2.75, 3.05) is 0 Å². The van der Waals surface area contributed by atoms with E-state index in [4.69, 9.17) is 5.26 Å². The van der Waals surface area contributed by atoms with Crippen molar-refractivity contribution in [3.8, 4) is 6.07 Å². The number of carbonyl (C=O) groups is 1. The maximum atomic E-state index is 10.1. The van der Waals surface area contributed by atoms with E-state index >= 15 is 0 Å². The second-order valence-electron chi connectivity index (χ2n) is 2.01. The van der Waals surface area contributed by atoms with Gasteiger partial charge in [-0.3, -0.25) is 0 Å². The third-order valence-corrected chi connectivity index (χ3v) is 2.71. The highest BCUT2D eigenvalue weighted by Gasteiger charge is 2.23. The molecule has 0 unspecified atom stereocenters. The molecule has 0 aromatic heterocycles. The highest BCUT2D eigenvalue weighted by molar-refractivity contribution is 8.01. The fraction of sp³-hybridized carbons (Fsp3) is 0.667. The first kappa shape index (κ1) is 6.63. The van der Waals surface area contributed by atoms with E-state index < -0.39 is 0 Å². The van der Waals surface area contributed by atoms with Crippen molar-refractivity contribution in [3.63, 3.8) is 0 Å². The van der Waals surface area contributed by atoms with Crippen molar-refractivity contribution in [3.05, 3.63) is 0 Å². The molecule has 1 aliphatic rings. The molecule has 0 spiro atoms. The summed E-state index contributed by atoms with van der Waals surface area (Å²) in [5.41, 5.74) is 0. The van der Waals surface area contributed by atoms with Gasteiger partial charge in [-0.25, -0.2) is 0 Å². The molecule has 3 heteroatoms. The van der Waals surface area contributed by atoms with Gasteiger partial charge in [0.1, 0.15) is 6.29 Å². The number of thioether (sulfide) groups is 1. The molecule has 1 fully saturated rings. The molecular weight excluding hydrogens is 134 g/mol. The van der Waals surface area contributed by atoms with Crippen molar-refractivity contribution in [2.45, 2.75) is 23.3 Å². The molecule has 0 N–H and O–H groups in total. The Morgan fingerprint density at radius 1 is 1.67 bits per heavy atom. The lowest BCUT2D eigenvalue weighted by Crippen LogP contribution is -1.96. The van der Waals surface area contributed by atoms with Gasteiger partial charge < -0.3 is 4.79 Å². The van der Waals surface area contributed by atoms with Crippen molar-refractivity contribution in [2.24, 2.45) is 0 Å². The Balaban J connectivity index is 2.39. The third-order valence-electron chi connectivity index (χ3n) is 1.35. The van der Waals surface area contributed by atoms with Crippen LogP contribution >= 0.6 is 11.8 Å². The first-order chi connectivity index (χ1) is 4.36. The van der Waals surface area contributed by atoms with Gasteiger partial charge in [-0.1, -0.05) is 0 Å². The fourth-order valence-electron chi connectivity index (χ4n) is 0.858. The number of hydrogen-bond donors (Lipinski definition) is 0. The van der Waals surface area contributed by atoms with Crippen LogP contribution in [0.3, 0.4) is 0 Å². The lowest BCUT2D eigenvalue weighted by Gasteiger charge is -1.93. The minimum atomic E-state index is 0.0696. The van der Waals surface area contributed by atoms with E-state index in [-0.39, 0.29) is 10.5 Å². The normalized spacial score (nSPS) is 33.7. The van der Waals surface area contributed by atoms with Crippen LogP contribution in [-0.4, -0.2) is 16.8 Å². The molecule has 1 saturated heterocycles. The largest absolute Gasteiger partial charge is 0.302 e. The summed E-state index contributed by atoms with van der Waals surface area (Å²) < 4.78 is 0. The van der Waals surface area contributed by atoms with Crippen LogP contribution in [0.5, 0.6) is 0 Å². The summed E-state index contributed by atoms with van der Waals surface area (Å²) in [6, 6.07) is 2.13. The van der Waals surface area contributed by atoms with Gasteiger partial charge in [0, 0.05) is 0 Å². The van der Waals surface area contributed by atoms with Crippen LogP contribution in [-0.2, 0) is 4.79 Å². The van der Waals surface area contributed by atoms with Crippen LogP contribution in [0, 0.1) is 11.3 Å². The van der Waals surface area contributed by atoms with Gasteiger partial charge in [0.25, 0.3) is 0 Å². The zero-order chi connectivity index (χ0) is 6.69. The molecule has 48 valence electrons. The quantitative estimate of drug-likeness (QED) is 0.511. The van der Waals surface area contributed by atoms with E-state index in [0.29, 0.717) is 0 Å². The van der Waals surface area contributed by atoms with Gasteiger partial charge in [-0.2, -0.15) is 5.26 Å². The molecule has 2 atom stereocenters. The number of nitriles is 1. The highest BCUT2D eigenvalue weighted by Crippen LogP contribution is 2.31. The van der Waals surface area contributed by atoms with E-state index in [9.17, 15) is 4.79 Å². The lowest BCUT2D eigenvalue weighted by molar-refractivity contribution is -0.107. The molecule has 0 aromatic carbocycles. The SMILES string of the molecule is N#C[C@@H]1CC[C@H](C=O)S1. The van der Waals surface area contributed by atoms with E-state index in [1.807, 2.05) is 0 Å². The first-order valence-corrected chi connectivity index (χ1v) is 3.81. The topological polar surface area (TPSA) is 40.9 Å². The number of nitrogens with zero attached hydrogens (tertiary/aromatic N) is 1. The van der Waals surface area contributed by atoms with Gasteiger partial charge in [-0.15, -0.1) is 11.8 Å². The molecule has 1 aliphatic heterocycles. The Hall–Kier alpha value is -0.490. The minimum absolute atomic E-state index is 0.0696. The average molecular weight is 141 g/mol. The molecule has 1 rings (SSSR count). The summed E-state index contributed by atoms with van der Waals surface area (Å²) in [7, 11) is 0. The van der Waals surface area contributed by atoms with Crippen LogP contribution in [0.4, 0.5) is 0 Å². The summed E-state index contributed by atoms with van der Waals surface area (Å²) >= 11 is 1.48. The van der Waals surface area contributed by atoms with Gasteiger partial charge in [0.2, 0.25) is 0 Å². The van der Waals surface area contributed by atoms with E-state index in [2.05, 4.69) is 6.07 Å². The Morgan fingerprint density at radius 2 is 2.44 bits per heavy atom. The second kappa shape index (κ2) is 2.88. The highest BCUT2D eigenvalue weighted by atomic mass is 32.2. The fourth-order valence-corrected chi connectivity index (χ4v) is 1.95. The first-order valence-electron chi connectivity index (χ1n) is 2.87. The Morgan fingerprint density at radius 3 is 2.78 bits per heavy atom. The van der Waals surface area contributed by atoms with Crippen molar-refractivity contribution >= 4 is 18.0 Å². The third kappa shape index (κ3) is 1.46. The van der Waals surface area contributed by atoms with Gasteiger partial charge in [0.05, 0.1) is 16.6 Å². The molecule has 0 amide bonds. The second-order valence-corrected chi connectivity index (χ2v) is 3.45.